The minimum atomic E-state index is 0.745. The lowest BCUT2D eigenvalue weighted by Gasteiger charge is -2.21. The molecule has 2 heteroatoms. The minimum Gasteiger partial charge on any atom is -0.358 e. The first-order valence-corrected chi connectivity index (χ1v) is 6.89. The summed E-state index contributed by atoms with van der Waals surface area (Å²) in [5.74, 6) is 0.745. The third kappa shape index (κ3) is 1.51. The van der Waals surface area contributed by atoms with Gasteiger partial charge in [-0.3, -0.25) is 0 Å². The van der Waals surface area contributed by atoms with Gasteiger partial charge in [0.15, 0.2) is 0 Å². The molecule has 1 aliphatic carbocycles. The van der Waals surface area contributed by atoms with E-state index in [9.17, 15) is 0 Å². The van der Waals surface area contributed by atoms with E-state index in [0.717, 1.165) is 5.92 Å². The van der Waals surface area contributed by atoms with Crippen molar-refractivity contribution in [2.75, 3.05) is 0 Å². The number of rotatable bonds is 1. The van der Waals surface area contributed by atoms with Crippen LogP contribution in [0.4, 0.5) is 0 Å². The van der Waals surface area contributed by atoms with Gasteiger partial charge in [0.25, 0.3) is 0 Å². The standard InChI is InChI=1S/C14H16BrN/c1-2-9-4-3-5-11-12-8-10(15)6-7-13(12)16-14(9)11/h6-9,16H,2-5H2,1H3. The number of benzene rings is 1. The van der Waals surface area contributed by atoms with E-state index in [1.165, 1.54) is 46.8 Å². The van der Waals surface area contributed by atoms with E-state index >= 15 is 0 Å². The number of hydrogen-bond donors (Lipinski definition) is 1. The van der Waals surface area contributed by atoms with Crippen LogP contribution in [0.3, 0.4) is 0 Å². The summed E-state index contributed by atoms with van der Waals surface area (Å²) in [6, 6.07) is 6.55. The van der Waals surface area contributed by atoms with Crippen molar-refractivity contribution in [3.8, 4) is 0 Å². The SMILES string of the molecule is CCC1CCCc2c1[nH]c1ccc(Br)cc21. The first kappa shape index (κ1) is 10.4. The average molecular weight is 278 g/mol. The molecule has 3 rings (SSSR count). The predicted molar refractivity (Wildman–Crippen MR) is 72.0 cm³/mol. The second-order valence-corrected chi connectivity index (χ2v) is 5.62. The highest BCUT2D eigenvalue weighted by Crippen LogP contribution is 2.38. The van der Waals surface area contributed by atoms with E-state index < -0.39 is 0 Å². The molecule has 0 aliphatic heterocycles. The van der Waals surface area contributed by atoms with Crippen LogP contribution < -0.4 is 0 Å². The summed E-state index contributed by atoms with van der Waals surface area (Å²) >= 11 is 3.56. The number of aromatic amines is 1. The zero-order valence-corrected chi connectivity index (χ0v) is 11.1. The Kier molecular flexibility index (Phi) is 2.55. The Hall–Kier alpha value is -0.760. The van der Waals surface area contributed by atoms with Crippen LogP contribution in [0.2, 0.25) is 0 Å². The van der Waals surface area contributed by atoms with Crippen molar-refractivity contribution in [3.63, 3.8) is 0 Å². The topological polar surface area (TPSA) is 15.8 Å². The van der Waals surface area contributed by atoms with Gasteiger partial charge in [-0.25, -0.2) is 0 Å². The molecule has 1 N–H and O–H groups in total. The van der Waals surface area contributed by atoms with Gasteiger partial charge in [-0.15, -0.1) is 0 Å². The molecule has 1 atom stereocenters. The molecule has 1 aromatic heterocycles. The first-order valence-electron chi connectivity index (χ1n) is 6.09. The summed E-state index contributed by atoms with van der Waals surface area (Å²) in [4.78, 5) is 3.62. The quantitative estimate of drug-likeness (QED) is 0.774. The summed E-state index contributed by atoms with van der Waals surface area (Å²) < 4.78 is 1.18. The minimum absolute atomic E-state index is 0.745. The van der Waals surface area contributed by atoms with Crippen molar-refractivity contribution in [2.45, 2.75) is 38.5 Å². The van der Waals surface area contributed by atoms with Crippen molar-refractivity contribution >= 4 is 26.8 Å². The summed E-state index contributed by atoms with van der Waals surface area (Å²) in [7, 11) is 0. The fourth-order valence-corrected chi connectivity index (χ4v) is 3.30. The van der Waals surface area contributed by atoms with Crippen molar-refractivity contribution in [1.82, 2.24) is 4.98 Å². The molecular formula is C14H16BrN. The van der Waals surface area contributed by atoms with Gasteiger partial charge in [0.2, 0.25) is 0 Å². The molecule has 0 bridgehead atoms. The lowest BCUT2D eigenvalue weighted by atomic mass is 9.85. The van der Waals surface area contributed by atoms with E-state index in [2.05, 4.69) is 46.0 Å². The van der Waals surface area contributed by atoms with Crippen LogP contribution in [0.25, 0.3) is 10.9 Å². The highest BCUT2D eigenvalue weighted by Gasteiger charge is 2.22. The molecule has 0 amide bonds. The van der Waals surface area contributed by atoms with E-state index in [-0.39, 0.29) is 0 Å². The van der Waals surface area contributed by atoms with Gasteiger partial charge >= 0.3 is 0 Å². The largest absolute Gasteiger partial charge is 0.358 e. The van der Waals surface area contributed by atoms with Crippen LogP contribution in [0.5, 0.6) is 0 Å². The zero-order chi connectivity index (χ0) is 11.1. The van der Waals surface area contributed by atoms with Crippen molar-refractivity contribution in [3.05, 3.63) is 33.9 Å². The van der Waals surface area contributed by atoms with Crippen LogP contribution in [-0.2, 0) is 6.42 Å². The third-order valence-electron chi connectivity index (χ3n) is 3.78. The first-order chi connectivity index (χ1) is 7.79. The van der Waals surface area contributed by atoms with Crippen molar-refractivity contribution in [2.24, 2.45) is 0 Å². The summed E-state index contributed by atoms with van der Waals surface area (Å²) in [5, 5.41) is 1.42. The van der Waals surface area contributed by atoms with Crippen LogP contribution in [0.15, 0.2) is 22.7 Å². The summed E-state index contributed by atoms with van der Waals surface area (Å²) in [6.45, 7) is 2.29. The van der Waals surface area contributed by atoms with Gasteiger partial charge in [0.05, 0.1) is 0 Å². The Bertz CT molecular complexity index is 527. The lowest BCUT2D eigenvalue weighted by molar-refractivity contribution is 0.532. The number of aromatic nitrogens is 1. The number of H-pyrrole nitrogens is 1. The molecule has 0 radical (unpaired) electrons. The molecule has 16 heavy (non-hydrogen) atoms. The zero-order valence-electron chi connectivity index (χ0n) is 9.52. The molecule has 1 unspecified atom stereocenters. The maximum Gasteiger partial charge on any atom is 0.0459 e. The molecule has 2 aromatic rings. The van der Waals surface area contributed by atoms with Gasteiger partial charge in [0, 0.05) is 21.1 Å². The highest BCUT2D eigenvalue weighted by molar-refractivity contribution is 9.10. The molecule has 1 aromatic carbocycles. The van der Waals surface area contributed by atoms with E-state index in [0.29, 0.717) is 0 Å². The van der Waals surface area contributed by atoms with Crippen molar-refractivity contribution < 1.29 is 0 Å². The number of fused-ring (bicyclic) bond motifs is 3. The smallest absolute Gasteiger partial charge is 0.0459 e. The fourth-order valence-electron chi connectivity index (χ4n) is 2.94. The van der Waals surface area contributed by atoms with E-state index in [1.54, 1.807) is 5.56 Å². The van der Waals surface area contributed by atoms with Crippen LogP contribution in [0, 0.1) is 0 Å². The molecule has 1 heterocycles. The Labute approximate surface area is 104 Å². The maximum absolute atomic E-state index is 3.62. The van der Waals surface area contributed by atoms with E-state index in [1.807, 2.05) is 0 Å². The molecule has 0 saturated carbocycles. The van der Waals surface area contributed by atoms with Crippen molar-refractivity contribution in [1.29, 1.82) is 0 Å². The molecule has 0 fully saturated rings. The van der Waals surface area contributed by atoms with Gasteiger partial charge in [-0.1, -0.05) is 22.9 Å². The van der Waals surface area contributed by atoms with E-state index in [4.69, 9.17) is 0 Å². The van der Waals surface area contributed by atoms with Gasteiger partial charge in [0.1, 0.15) is 0 Å². The highest BCUT2D eigenvalue weighted by atomic mass is 79.9. The molecule has 1 nitrogen and oxygen atoms in total. The predicted octanol–water partition coefficient (Wildman–Crippen LogP) is 4.76. The Morgan fingerprint density at radius 2 is 2.31 bits per heavy atom. The van der Waals surface area contributed by atoms with Gasteiger partial charge in [-0.05, 0) is 55.4 Å². The van der Waals surface area contributed by atoms with Crippen LogP contribution in [-0.4, -0.2) is 4.98 Å². The van der Waals surface area contributed by atoms with Gasteiger partial charge in [-0.2, -0.15) is 0 Å². The molecule has 84 valence electrons. The molecular weight excluding hydrogens is 262 g/mol. The second kappa shape index (κ2) is 3.92. The second-order valence-electron chi connectivity index (χ2n) is 4.70. The summed E-state index contributed by atoms with van der Waals surface area (Å²) in [6.07, 6.45) is 5.17. The van der Waals surface area contributed by atoms with Gasteiger partial charge < -0.3 is 4.98 Å². The number of aryl methyl sites for hydroxylation is 1. The Morgan fingerprint density at radius 1 is 1.44 bits per heavy atom. The maximum atomic E-state index is 3.62. The monoisotopic (exact) mass is 277 g/mol. The summed E-state index contributed by atoms with van der Waals surface area (Å²) in [5.41, 5.74) is 4.37. The Balaban J connectivity index is 2.24. The fraction of sp³-hybridized carbons (Fsp3) is 0.429. The average Bonchev–Trinajstić information content (AvgIpc) is 2.67. The number of hydrogen-bond acceptors (Lipinski definition) is 0. The number of halogens is 1. The third-order valence-corrected chi connectivity index (χ3v) is 4.27. The van der Waals surface area contributed by atoms with Crippen LogP contribution in [0.1, 0.15) is 43.4 Å². The molecule has 1 aliphatic rings. The Morgan fingerprint density at radius 3 is 3.12 bits per heavy atom. The van der Waals surface area contributed by atoms with Crippen LogP contribution >= 0.6 is 15.9 Å². The number of nitrogens with one attached hydrogen (secondary N) is 1. The lowest BCUT2D eigenvalue weighted by Crippen LogP contribution is -2.07. The normalized spacial score (nSPS) is 20.0. The molecule has 0 spiro atoms. The molecule has 0 saturated heterocycles.